The van der Waals surface area contributed by atoms with Crippen LogP contribution in [-0.2, 0) is 22.4 Å². The van der Waals surface area contributed by atoms with Gasteiger partial charge < -0.3 is 19.7 Å². The first-order chi connectivity index (χ1) is 14.0. The van der Waals surface area contributed by atoms with Crippen LogP contribution in [0.2, 0.25) is 0 Å². The van der Waals surface area contributed by atoms with Crippen molar-refractivity contribution in [2.24, 2.45) is 0 Å². The number of anilines is 1. The van der Waals surface area contributed by atoms with Crippen molar-refractivity contribution in [3.8, 4) is 0 Å². The molecule has 1 N–H and O–H groups in total. The Balaban J connectivity index is 1.94. The van der Waals surface area contributed by atoms with E-state index in [2.05, 4.69) is 5.32 Å². The Kier molecular flexibility index (Phi) is 6.81. The number of thiophene rings is 1. The molecule has 2 aromatic rings. The predicted octanol–water partition coefficient (Wildman–Crippen LogP) is 4.02. The van der Waals surface area contributed by atoms with Gasteiger partial charge in [0.1, 0.15) is 5.00 Å². The van der Waals surface area contributed by atoms with E-state index in [1.54, 1.807) is 22.7 Å². The molecular formula is C20H22N2O5S2. The molecule has 0 saturated heterocycles. The monoisotopic (exact) mass is 434 g/mol. The number of thioether (sulfide) groups is 1. The molecule has 1 aromatic carbocycles. The quantitative estimate of drug-likeness (QED) is 0.565. The first kappa shape index (κ1) is 21.2. The summed E-state index contributed by atoms with van der Waals surface area (Å²) in [5, 5.41) is 3.33. The lowest BCUT2D eigenvalue weighted by Gasteiger charge is -2.25. The lowest BCUT2D eigenvalue weighted by Crippen LogP contribution is -2.35. The highest BCUT2D eigenvalue weighted by Crippen LogP contribution is 2.38. The average Bonchev–Trinajstić information content (AvgIpc) is 3.10. The summed E-state index contributed by atoms with van der Waals surface area (Å²) in [6.07, 6.45) is 0.0727. The highest BCUT2D eigenvalue weighted by atomic mass is 32.2. The molecular weight excluding hydrogens is 412 g/mol. The number of methoxy groups -OCH3 is 2. The summed E-state index contributed by atoms with van der Waals surface area (Å²) in [5.41, 5.74) is 1.73. The largest absolute Gasteiger partial charge is 0.465 e. The van der Waals surface area contributed by atoms with Crippen LogP contribution in [0.3, 0.4) is 0 Å². The van der Waals surface area contributed by atoms with Gasteiger partial charge in [-0.2, -0.15) is 0 Å². The average molecular weight is 435 g/mol. The first-order valence-electron chi connectivity index (χ1n) is 9.09. The molecule has 7 nitrogen and oxygen atoms in total. The summed E-state index contributed by atoms with van der Waals surface area (Å²) in [5.74, 6) is 0.0598. The highest BCUT2D eigenvalue weighted by Gasteiger charge is 2.31. The fraction of sp³-hybridized carbons (Fsp3) is 0.350. The Morgan fingerprint density at radius 1 is 1.21 bits per heavy atom. The van der Waals surface area contributed by atoms with Crippen LogP contribution in [-0.4, -0.2) is 49.4 Å². The molecule has 0 atom stereocenters. The minimum Gasteiger partial charge on any atom is -0.465 e. The van der Waals surface area contributed by atoms with Crippen molar-refractivity contribution in [1.29, 1.82) is 0 Å². The maximum absolute atomic E-state index is 13.0. The van der Waals surface area contributed by atoms with Crippen molar-refractivity contribution < 1.29 is 23.9 Å². The summed E-state index contributed by atoms with van der Waals surface area (Å²) in [7, 11) is 2.65. The van der Waals surface area contributed by atoms with Crippen LogP contribution in [0.1, 0.15) is 38.1 Å². The zero-order valence-electron chi connectivity index (χ0n) is 16.4. The fourth-order valence-corrected chi connectivity index (χ4v) is 5.25. The van der Waals surface area contributed by atoms with E-state index in [1.165, 1.54) is 25.6 Å². The third-order valence-electron chi connectivity index (χ3n) is 4.54. The molecule has 2 amide bonds. The predicted molar refractivity (Wildman–Crippen MR) is 113 cm³/mol. The van der Waals surface area contributed by atoms with E-state index in [0.29, 0.717) is 35.6 Å². The van der Waals surface area contributed by atoms with Crippen molar-refractivity contribution in [3.63, 3.8) is 0 Å². The van der Waals surface area contributed by atoms with Crippen LogP contribution < -0.4 is 5.32 Å². The standard InChI is InChI=1S/C20H22N2O5S2/c1-4-28-14-8-6-5-7-13(14)17(23)21-18-16(19(24)26-2)12-9-10-22(20(25)27-3)11-15(12)29-18/h5-8H,4,9-11H2,1-3H3,(H,21,23). The number of nitrogens with zero attached hydrogens (tertiary/aromatic N) is 1. The SMILES string of the molecule is CCSc1ccccc1C(=O)Nc1sc2c(c1C(=O)OC)CCN(C(=O)OC)C2. The van der Waals surface area contributed by atoms with Gasteiger partial charge >= 0.3 is 12.1 Å². The topological polar surface area (TPSA) is 84.9 Å². The second-order valence-electron chi connectivity index (χ2n) is 6.22. The van der Waals surface area contributed by atoms with E-state index in [9.17, 15) is 14.4 Å². The Morgan fingerprint density at radius 2 is 1.97 bits per heavy atom. The molecule has 3 rings (SSSR count). The lowest BCUT2D eigenvalue weighted by atomic mass is 10.0. The van der Waals surface area contributed by atoms with Crippen molar-refractivity contribution in [2.45, 2.75) is 24.8 Å². The van der Waals surface area contributed by atoms with Crippen molar-refractivity contribution in [1.82, 2.24) is 4.90 Å². The third-order valence-corrected chi connectivity index (χ3v) is 6.63. The molecule has 0 spiro atoms. The van der Waals surface area contributed by atoms with E-state index in [-0.39, 0.29) is 5.91 Å². The molecule has 1 aliphatic heterocycles. The molecule has 29 heavy (non-hydrogen) atoms. The Bertz CT molecular complexity index is 941. The fourth-order valence-electron chi connectivity index (χ4n) is 3.20. The molecule has 0 bridgehead atoms. The van der Waals surface area contributed by atoms with Crippen molar-refractivity contribution in [3.05, 3.63) is 45.8 Å². The van der Waals surface area contributed by atoms with Crippen LogP contribution in [0, 0.1) is 0 Å². The van der Waals surface area contributed by atoms with Gasteiger partial charge in [0.25, 0.3) is 5.91 Å². The summed E-state index contributed by atoms with van der Waals surface area (Å²) >= 11 is 2.87. The third kappa shape index (κ3) is 4.40. The van der Waals surface area contributed by atoms with Gasteiger partial charge in [0.05, 0.1) is 31.9 Å². The molecule has 0 unspecified atom stereocenters. The lowest BCUT2D eigenvalue weighted by molar-refractivity contribution is 0.0600. The van der Waals surface area contributed by atoms with Crippen LogP contribution >= 0.6 is 23.1 Å². The van der Waals surface area contributed by atoms with Gasteiger partial charge in [-0.25, -0.2) is 9.59 Å². The summed E-state index contributed by atoms with van der Waals surface area (Å²) in [6.45, 7) is 2.79. The number of amides is 2. The van der Waals surface area contributed by atoms with E-state index in [4.69, 9.17) is 9.47 Å². The van der Waals surface area contributed by atoms with Gasteiger partial charge in [0.2, 0.25) is 0 Å². The van der Waals surface area contributed by atoms with Gasteiger partial charge in [0.15, 0.2) is 0 Å². The van der Waals surface area contributed by atoms with Crippen molar-refractivity contribution >= 4 is 46.1 Å². The van der Waals surface area contributed by atoms with E-state index >= 15 is 0 Å². The van der Waals surface area contributed by atoms with E-state index < -0.39 is 12.1 Å². The van der Waals surface area contributed by atoms with Gasteiger partial charge in [0, 0.05) is 16.3 Å². The molecule has 154 valence electrons. The number of fused-ring (bicyclic) bond motifs is 1. The minimum absolute atomic E-state index is 0.282. The molecule has 1 aromatic heterocycles. The molecule has 0 saturated carbocycles. The smallest absolute Gasteiger partial charge is 0.409 e. The highest BCUT2D eigenvalue weighted by molar-refractivity contribution is 7.99. The summed E-state index contributed by atoms with van der Waals surface area (Å²) in [6, 6.07) is 7.36. The Labute approximate surface area is 177 Å². The molecule has 1 aliphatic rings. The number of carbonyl (C=O) groups excluding carboxylic acids is 3. The summed E-state index contributed by atoms with van der Waals surface area (Å²) < 4.78 is 9.75. The van der Waals surface area contributed by atoms with Gasteiger partial charge in [-0.3, -0.25) is 4.79 Å². The van der Waals surface area contributed by atoms with Crippen LogP contribution in [0.25, 0.3) is 0 Å². The minimum atomic E-state index is -0.500. The Hall–Kier alpha value is -2.52. The second kappa shape index (κ2) is 9.32. The number of hydrogen-bond donors (Lipinski definition) is 1. The first-order valence-corrected chi connectivity index (χ1v) is 10.9. The summed E-state index contributed by atoms with van der Waals surface area (Å²) in [4.78, 5) is 40.6. The number of carbonyl (C=O) groups is 3. The molecule has 2 heterocycles. The number of rotatable bonds is 5. The van der Waals surface area contributed by atoms with Gasteiger partial charge in [-0.1, -0.05) is 19.1 Å². The van der Waals surface area contributed by atoms with Gasteiger partial charge in [-0.05, 0) is 29.9 Å². The molecule has 0 aliphatic carbocycles. The Morgan fingerprint density at radius 3 is 2.66 bits per heavy atom. The molecule has 0 fully saturated rings. The number of ether oxygens (including phenoxy) is 2. The van der Waals surface area contributed by atoms with Crippen molar-refractivity contribution in [2.75, 3.05) is 31.8 Å². The number of hydrogen-bond acceptors (Lipinski definition) is 7. The maximum atomic E-state index is 13.0. The number of nitrogens with one attached hydrogen (secondary N) is 1. The maximum Gasteiger partial charge on any atom is 0.409 e. The van der Waals surface area contributed by atoms with Crippen LogP contribution in [0.4, 0.5) is 9.80 Å². The second-order valence-corrected chi connectivity index (χ2v) is 8.64. The zero-order chi connectivity index (χ0) is 21.0. The van der Waals surface area contributed by atoms with Crippen LogP contribution in [0.5, 0.6) is 0 Å². The molecule has 9 heteroatoms. The van der Waals surface area contributed by atoms with Gasteiger partial charge in [-0.15, -0.1) is 23.1 Å². The normalized spacial score (nSPS) is 12.9. The van der Waals surface area contributed by atoms with Crippen LogP contribution in [0.15, 0.2) is 29.2 Å². The molecule has 0 radical (unpaired) electrons. The number of esters is 1. The van der Waals surface area contributed by atoms with E-state index in [1.807, 2.05) is 25.1 Å². The zero-order valence-corrected chi connectivity index (χ0v) is 18.1. The van der Waals surface area contributed by atoms with E-state index in [0.717, 1.165) is 21.1 Å². The number of benzene rings is 1.